The average Bonchev–Trinajstić information content (AvgIpc) is 3.47. The summed E-state index contributed by atoms with van der Waals surface area (Å²) >= 11 is 0. The molecule has 1 N–H and O–H groups in total. The monoisotopic (exact) mass is 437 g/mol. The lowest BCUT2D eigenvalue weighted by molar-refractivity contribution is 0.324. The lowest BCUT2D eigenvalue weighted by atomic mass is 10.1. The highest BCUT2D eigenvalue weighted by atomic mass is 19.1. The largest absolute Gasteiger partial charge is 0.491 e. The van der Waals surface area contributed by atoms with E-state index in [9.17, 15) is 4.39 Å². The van der Waals surface area contributed by atoms with Crippen molar-refractivity contribution < 1.29 is 13.9 Å². The third-order valence-corrected chi connectivity index (χ3v) is 6.37. The maximum absolute atomic E-state index is 14.5. The highest BCUT2D eigenvalue weighted by Crippen LogP contribution is 2.25. The minimum absolute atomic E-state index is 0.303. The van der Waals surface area contributed by atoms with E-state index >= 15 is 0 Å². The molecule has 5 rings (SSSR count). The Kier molecular flexibility index (Phi) is 6.14. The highest BCUT2D eigenvalue weighted by molar-refractivity contribution is 5.78. The second kappa shape index (κ2) is 9.34. The first-order valence-corrected chi connectivity index (χ1v) is 11.2. The Morgan fingerprint density at radius 3 is 3.12 bits per heavy atom. The van der Waals surface area contributed by atoms with Gasteiger partial charge in [0.2, 0.25) is 5.88 Å². The van der Waals surface area contributed by atoms with Gasteiger partial charge in [-0.3, -0.25) is 9.97 Å². The van der Waals surface area contributed by atoms with Gasteiger partial charge in [-0.05, 0) is 44.0 Å². The molecule has 0 saturated carbocycles. The Balaban J connectivity index is 1.13. The van der Waals surface area contributed by atoms with E-state index in [2.05, 4.69) is 31.2 Å². The molecule has 2 aliphatic heterocycles. The van der Waals surface area contributed by atoms with Gasteiger partial charge in [0.1, 0.15) is 11.6 Å². The molecule has 1 fully saturated rings. The first kappa shape index (κ1) is 21.0. The molecule has 0 bridgehead atoms. The Bertz CT molecular complexity index is 1110. The fraction of sp³-hybridized carbons (Fsp3) is 0.458. The molecule has 7 nitrogen and oxygen atoms in total. The zero-order chi connectivity index (χ0) is 21.9. The SMILES string of the molecule is COc1ccc2ncc(F)c(CCN3CCC(CNCc4cc5c(cn4)OCC5)C3)c2n1. The molecule has 0 radical (unpaired) electrons. The van der Waals surface area contributed by atoms with Gasteiger partial charge in [0.15, 0.2) is 0 Å². The minimum Gasteiger partial charge on any atom is -0.491 e. The number of likely N-dealkylation sites (tertiary alicyclic amines) is 1. The molecule has 2 aliphatic rings. The predicted molar refractivity (Wildman–Crippen MR) is 119 cm³/mol. The van der Waals surface area contributed by atoms with Crippen molar-refractivity contribution in [3.8, 4) is 11.6 Å². The molecule has 0 aromatic carbocycles. The maximum atomic E-state index is 14.5. The second-order valence-electron chi connectivity index (χ2n) is 8.52. The number of rotatable bonds is 8. The number of hydrogen-bond donors (Lipinski definition) is 1. The van der Waals surface area contributed by atoms with Crippen molar-refractivity contribution in [1.29, 1.82) is 0 Å². The van der Waals surface area contributed by atoms with Crippen molar-refractivity contribution in [3.05, 3.63) is 53.2 Å². The number of fused-ring (bicyclic) bond motifs is 2. The summed E-state index contributed by atoms with van der Waals surface area (Å²) in [5, 5.41) is 3.55. The number of halogens is 1. The molecule has 1 saturated heterocycles. The van der Waals surface area contributed by atoms with Crippen LogP contribution >= 0.6 is 0 Å². The number of methoxy groups -OCH3 is 1. The zero-order valence-electron chi connectivity index (χ0n) is 18.3. The lowest BCUT2D eigenvalue weighted by Gasteiger charge is -2.17. The van der Waals surface area contributed by atoms with Crippen molar-refractivity contribution >= 4 is 11.0 Å². The summed E-state index contributed by atoms with van der Waals surface area (Å²) in [7, 11) is 1.56. The molecule has 3 aromatic rings. The first-order valence-electron chi connectivity index (χ1n) is 11.2. The Hall–Kier alpha value is -2.84. The number of aromatic nitrogens is 3. The molecule has 168 valence electrons. The van der Waals surface area contributed by atoms with Crippen LogP contribution < -0.4 is 14.8 Å². The van der Waals surface area contributed by atoms with Crippen molar-refractivity contribution in [3.63, 3.8) is 0 Å². The van der Waals surface area contributed by atoms with Gasteiger partial charge in [-0.2, -0.15) is 0 Å². The van der Waals surface area contributed by atoms with Gasteiger partial charge in [0.25, 0.3) is 0 Å². The van der Waals surface area contributed by atoms with Crippen LogP contribution in [0.4, 0.5) is 4.39 Å². The summed E-state index contributed by atoms with van der Waals surface area (Å²) in [6.45, 7) is 5.33. The summed E-state index contributed by atoms with van der Waals surface area (Å²) in [6.07, 6.45) is 5.85. The Labute approximate surface area is 187 Å². The van der Waals surface area contributed by atoms with Gasteiger partial charge in [-0.1, -0.05) is 0 Å². The van der Waals surface area contributed by atoms with Crippen LogP contribution in [0.15, 0.2) is 30.6 Å². The summed E-state index contributed by atoms with van der Waals surface area (Å²) in [5.41, 5.74) is 4.22. The zero-order valence-corrected chi connectivity index (χ0v) is 18.3. The topological polar surface area (TPSA) is 72.4 Å². The van der Waals surface area contributed by atoms with Gasteiger partial charge in [-0.25, -0.2) is 9.37 Å². The fourth-order valence-corrected chi connectivity index (χ4v) is 4.61. The lowest BCUT2D eigenvalue weighted by Crippen LogP contribution is -2.28. The number of ether oxygens (including phenoxy) is 2. The number of hydrogen-bond acceptors (Lipinski definition) is 7. The van der Waals surface area contributed by atoms with Crippen molar-refractivity contribution in [2.45, 2.75) is 25.8 Å². The molecule has 1 unspecified atom stereocenters. The minimum atomic E-state index is -0.303. The predicted octanol–water partition coefficient (Wildman–Crippen LogP) is 2.76. The van der Waals surface area contributed by atoms with E-state index in [1.807, 2.05) is 12.3 Å². The summed E-state index contributed by atoms with van der Waals surface area (Å²) < 4.78 is 25.3. The van der Waals surface area contributed by atoms with Crippen molar-refractivity contribution in [2.75, 3.05) is 39.9 Å². The smallest absolute Gasteiger partial charge is 0.213 e. The van der Waals surface area contributed by atoms with E-state index in [1.54, 1.807) is 13.2 Å². The average molecular weight is 438 g/mol. The molecular formula is C24H28FN5O2. The summed E-state index contributed by atoms with van der Waals surface area (Å²) in [5.74, 6) is 1.68. The highest BCUT2D eigenvalue weighted by Gasteiger charge is 2.23. The molecule has 32 heavy (non-hydrogen) atoms. The number of nitrogens with zero attached hydrogens (tertiary/aromatic N) is 4. The van der Waals surface area contributed by atoms with Crippen LogP contribution in [0.2, 0.25) is 0 Å². The standard InChI is InChI=1S/C24H28FN5O2/c1-31-23-3-2-21-24(29-23)19(20(25)13-28-21)5-8-30-7-4-16(15-30)11-26-12-18-10-17-6-9-32-22(17)14-27-18/h2-3,10,13-14,16,26H,4-9,11-12,15H2,1H3. The van der Waals surface area contributed by atoms with Gasteiger partial charge in [0, 0.05) is 43.2 Å². The van der Waals surface area contributed by atoms with Gasteiger partial charge in [0.05, 0.1) is 42.8 Å². The molecule has 5 heterocycles. The van der Waals surface area contributed by atoms with E-state index in [1.165, 1.54) is 11.8 Å². The Morgan fingerprint density at radius 2 is 2.22 bits per heavy atom. The Morgan fingerprint density at radius 1 is 1.28 bits per heavy atom. The molecule has 0 amide bonds. The number of pyridine rings is 3. The van der Waals surface area contributed by atoms with Crippen LogP contribution in [-0.2, 0) is 19.4 Å². The summed E-state index contributed by atoms with van der Waals surface area (Å²) in [4.78, 5) is 15.5. The van der Waals surface area contributed by atoms with Crippen LogP contribution in [0.25, 0.3) is 11.0 Å². The van der Waals surface area contributed by atoms with Crippen LogP contribution in [0.3, 0.4) is 0 Å². The molecule has 3 aromatic heterocycles. The quantitative estimate of drug-likeness (QED) is 0.581. The maximum Gasteiger partial charge on any atom is 0.213 e. The molecule has 0 spiro atoms. The first-order chi connectivity index (χ1) is 15.7. The van der Waals surface area contributed by atoms with Gasteiger partial charge in [-0.15, -0.1) is 0 Å². The molecule has 0 aliphatic carbocycles. The third-order valence-electron chi connectivity index (χ3n) is 6.37. The van der Waals surface area contributed by atoms with E-state index in [0.717, 1.165) is 63.6 Å². The summed E-state index contributed by atoms with van der Waals surface area (Å²) in [6, 6.07) is 5.72. The third kappa shape index (κ3) is 4.52. The van der Waals surface area contributed by atoms with Crippen LogP contribution in [0.5, 0.6) is 11.6 Å². The van der Waals surface area contributed by atoms with Crippen LogP contribution in [-0.4, -0.2) is 59.7 Å². The molecule has 8 heteroatoms. The normalized spacial score (nSPS) is 18.1. The van der Waals surface area contributed by atoms with E-state index in [4.69, 9.17) is 9.47 Å². The van der Waals surface area contributed by atoms with Crippen LogP contribution in [0.1, 0.15) is 23.2 Å². The molecule has 1 atom stereocenters. The van der Waals surface area contributed by atoms with Gasteiger partial charge < -0.3 is 19.7 Å². The fourth-order valence-electron chi connectivity index (χ4n) is 4.61. The van der Waals surface area contributed by atoms with Crippen molar-refractivity contribution in [2.24, 2.45) is 5.92 Å². The number of nitrogens with one attached hydrogen (secondary N) is 1. The van der Waals surface area contributed by atoms with Gasteiger partial charge >= 0.3 is 0 Å². The van der Waals surface area contributed by atoms with E-state index in [-0.39, 0.29) is 5.82 Å². The van der Waals surface area contributed by atoms with E-state index < -0.39 is 0 Å². The van der Waals surface area contributed by atoms with Crippen molar-refractivity contribution in [1.82, 2.24) is 25.2 Å². The molecular weight excluding hydrogens is 409 g/mol. The second-order valence-corrected chi connectivity index (χ2v) is 8.52. The van der Waals surface area contributed by atoms with E-state index in [0.29, 0.717) is 34.8 Å². The van der Waals surface area contributed by atoms with Crippen LogP contribution in [0, 0.1) is 11.7 Å².